The van der Waals surface area contributed by atoms with Crippen LogP contribution in [0.3, 0.4) is 0 Å². The number of ether oxygens (including phenoxy) is 2. The predicted molar refractivity (Wildman–Crippen MR) is 133 cm³/mol. The molecule has 2 aromatic rings. The highest BCUT2D eigenvalue weighted by molar-refractivity contribution is 8.24. The second-order valence-electron chi connectivity index (χ2n) is 10.6. The van der Waals surface area contributed by atoms with Crippen molar-refractivity contribution in [1.29, 1.82) is 0 Å². The highest BCUT2D eigenvalue weighted by Crippen LogP contribution is 2.51. The maximum atomic E-state index is 15.9. The number of halogens is 4. The maximum Gasteiger partial charge on any atom is 0.387 e. The van der Waals surface area contributed by atoms with Crippen LogP contribution in [0.4, 0.5) is 17.6 Å². The van der Waals surface area contributed by atoms with E-state index >= 15 is 8.78 Å². The number of hydrogen-bond donors (Lipinski definition) is 3. The van der Waals surface area contributed by atoms with Gasteiger partial charge in [0.15, 0.2) is 0 Å². The molecule has 2 fully saturated rings. The van der Waals surface area contributed by atoms with Crippen LogP contribution in [0.15, 0.2) is 24.3 Å². The number of hydrogen-bond acceptors (Lipinski definition) is 6. The third kappa shape index (κ3) is 5.51. The highest BCUT2D eigenvalue weighted by Gasteiger charge is 2.50. The number of nitrogens with one attached hydrogen (secondary N) is 1. The number of alkyl halides is 4. The van der Waals surface area contributed by atoms with E-state index in [1.807, 2.05) is 0 Å². The van der Waals surface area contributed by atoms with Gasteiger partial charge in [-0.05, 0) is 38.3 Å². The van der Waals surface area contributed by atoms with E-state index in [0.717, 1.165) is 0 Å². The fourth-order valence-corrected chi connectivity index (χ4v) is 7.91. The first-order valence-corrected chi connectivity index (χ1v) is 14.4. The lowest BCUT2D eigenvalue weighted by molar-refractivity contribution is -0.131. The standard InChI is InChI=1S/C25H31F4N3O5S/c1-24(7-10-38(34,35)14-24)30-22(33)16-12-19-20(25(28,29)13-16)21(31-32(19)17-5-8-36-9-6-17)15-3-2-4-18(11-15)37-23(26)27/h2-4,11,16-17,23,34-35H,5-10,12-14H2,1H3,(H,30,33). The van der Waals surface area contributed by atoms with Gasteiger partial charge in [-0.3, -0.25) is 18.6 Å². The molecule has 1 aromatic carbocycles. The molecule has 3 heterocycles. The topological polar surface area (TPSA) is 106 Å². The van der Waals surface area contributed by atoms with Gasteiger partial charge in [-0.2, -0.15) is 24.5 Å². The molecule has 2 saturated heterocycles. The fraction of sp³-hybridized carbons (Fsp3) is 0.600. The zero-order chi connectivity index (χ0) is 27.3. The lowest BCUT2D eigenvalue weighted by atomic mass is 9.81. The van der Waals surface area contributed by atoms with Crippen molar-refractivity contribution < 1.29 is 40.9 Å². The van der Waals surface area contributed by atoms with Crippen LogP contribution in [0.2, 0.25) is 0 Å². The van der Waals surface area contributed by atoms with Crippen molar-refractivity contribution in [3.8, 4) is 17.0 Å². The number of benzene rings is 1. The largest absolute Gasteiger partial charge is 0.435 e. The molecule has 2 atom stereocenters. The molecule has 0 bridgehead atoms. The van der Waals surface area contributed by atoms with Crippen molar-refractivity contribution in [2.24, 2.45) is 5.92 Å². The first-order chi connectivity index (χ1) is 17.9. The Labute approximate surface area is 219 Å². The molecule has 2 unspecified atom stereocenters. The van der Waals surface area contributed by atoms with Gasteiger partial charge in [-0.1, -0.05) is 12.1 Å². The van der Waals surface area contributed by atoms with E-state index in [0.29, 0.717) is 32.5 Å². The monoisotopic (exact) mass is 561 g/mol. The summed E-state index contributed by atoms with van der Waals surface area (Å²) in [4.78, 5) is 13.2. The van der Waals surface area contributed by atoms with E-state index in [-0.39, 0.29) is 52.2 Å². The Morgan fingerprint density at radius 2 is 2.03 bits per heavy atom. The molecule has 210 valence electrons. The summed E-state index contributed by atoms with van der Waals surface area (Å²) in [6.45, 7) is -0.489. The Hall–Kier alpha value is -2.35. The summed E-state index contributed by atoms with van der Waals surface area (Å²) >= 11 is 0. The Balaban J connectivity index is 1.51. The summed E-state index contributed by atoms with van der Waals surface area (Å²) in [7, 11) is -2.81. The number of rotatable bonds is 6. The summed E-state index contributed by atoms with van der Waals surface area (Å²) in [6, 6.07) is 5.32. The van der Waals surface area contributed by atoms with E-state index < -0.39 is 46.9 Å². The number of fused-ring (bicyclic) bond motifs is 1. The van der Waals surface area contributed by atoms with Gasteiger partial charge in [0.1, 0.15) is 11.4 Å². The average Bonchev–Trinajstić information content (AvgIpc) is 3.36. The van der Waals surface area contributed by atoms with E-state index in [1.54, 1.807) is 11.6 Å². The predicted octanol–water partition coefficient (Wildman–Crippen LogP) is 5.19. The minimum atomic E-state index is -3.42. The summed E-state index contributed by atoms with van der Waals surface area (Å²) in [6.07, 6.45) is 0.718. The second kappa shape index (κ2) is 10.00. The molecule has 0 radical (unpaired) electrons. The molecule has 38 heavy (non-hydrogen) atoms. The minimum absolute atomic E-state index is 0.0126. The smallest absolute Gasteiger partial charge is 0.387 e. The molecular formula is C25H31F4N3O5S. The van der Waals surface area contributed by atoms with Crippen molar-refractivity contribution in [1.82, 2.24) is 15.1 Å². The molecule has 1 aromatic heterocycles. The lowest BCUT2D eigenvalue weighted by Gasteiger charge is -2.35. The van der Waals surface area contributed by atoms with Gasteiger partial charge >= 0.3 is 6.61 Å². The first kappa shape index (κ1) is 27.2. The SMILES string of the molecule is CC1(NC(=O)C2Cc3c(c(-c4cccc(OC(F)F)c4)nn3C3CCOCC3)C(F)(F)C2)CCS(O)(O)C1. The van der Waals surface area contributed by atoms with Gasteiger partial charge < -0.3 is 14.8 Å². The molecule has 8 nitrogen and oxygen atoms in total. The molecule has 0 spiro atoms. The first-order valence-electron chi connectivity index (χ1n) is 12.5. The number of nitrogens with zero attached hydrogens (tertiary/aromatic N) is 2. The zero-order valence-electron chi connectivity index (χ0n) is 20.8. The molecule has 13 heteroatoms. The van der Waals surface area contributed by atoms with Crippen LogP contribution in [0.25, 0.3) is 11.3 Å². The van der Waals surface area contributed by atoms with Crippen molar-refractivity contribution in [2.75, 3.05) is 24.7 Å². The third-order valence-electron chi connectivity index (χ3n) is 7.51. The fourth-order valence-electron chi connectivity index (χ4n) is 5.75. The van der Waals surface area contributed by atoms with Crippen LogP contribution in [-0.4, -0.2) is 61.7 Å². The van der Waals surface area contributed by atoms with Crippen LogP contribution >= 0.6 is 10.6 Å². The van der Waals surface area contributed by atoms with Crippen molar-refractivity contribution in [3.05, 3.63) is 35.5 Å². The molecular weight excluding hydrogens is 530 g/mol. The Morgan fingerprint density at radius 3 is 2.68 bits per heavy atom. The van der Waals surface area contributed by atoms with Gasteiger partial charge in [0.25, 0.3) is 5.92 Å². The number of aromatic nitrogens is 2. The minimum Gasteiger partial charge on any atom is -0.435 e. The Kier molecular flexibility index (Phi) is 7.16. The maximum absolute atomic E-state index is 15.9. The van der Waals surface area contributed by atoms with Crippen molar-refractivity contribution in [3.63, 3.8) is 0 Å². The summed E-state index contributed by atoms with van der Waals surface area (Å²) in [5.74, 6) is -5.08. The van der Waals surface area contributed by atoms with Crippen molar-refractivity contribution >= 4 is 16.5 Å². The van der Waals surface area contributed by atoms with Crippen molar-refractivity contribution in [2.45, 2.75) is 63.1 Å². The van der Waals surface area contributed by atoms with Crippen LogP contribution in [-0.2, 0) is 21.9 Å². The molecule has 5 rings (SSSR count). The van der Waals surface area contributed by atoms with E-state index in [9.17, 15) is 22.7 Å². The van der Waals surface area contributed by atoms with Crippen LogP contribution < -0.4 is 10.1 Å². The van der Waals surface area contributed by atoms with E-state index in [4.69, 9.17) is 4.74 Å². The lowest BCUT2D eigenvalue weighted by Crippen LogP contribution is -2.50. The summed E-state index contributed by atoms with van der Waals surface area (Å²) < 4.78 is 88.9. The van der Waals surface area contributed by atoms with Gasteiger partial charge in [-0.25, -0.2) is 8.78 Å². The normalized spacial score (nSPS) is 27.6. The highest BCUT2D eigenvalue weighted by atomic mass is 32.3. The Morgan fingerprint density at radius 1 is 1.29 bits per heavy atom. The quantitative estimate of drug-likeness (QED) is 0.420. The number of carbonyl (C=O) groups is 1. The molecule has 0 saturated carbocycles. The molecule has 3 N–H and O–H groups in total. The van der Waals surface area contributed by atoms with Gasteiger partial charge in [0.2, 0.25) is 5.91 Å². The van der Waals surface area contributed by atoms with E-state index in [2.05, 4.69) is 15.2 Å². The average molecular weight is 562 g/mol. The van der Waals surface area contributed by atoms with Crippen LogP contribution in [0.5, 0.6) is 5.75 Å². The van der Waals surface area contributed by atoms with Gasteiger partial charge in [0, 0.05) is 49.0 Å². The summed E-state index contributed by atoms with van der Waals surface area (Å²) in [5.41, 5.74) is -0.751. The summed E-state index contributed by atoms with van der Waals surface area (Å²) in [5, 5.41) is 7.38. The Bertz CT molecular complexity index is 1200. The van der Waals surface area contributed by atoms with Gasteiger partial charge in [-0.15, -0.1) is 0 Å². The van der Waals surface area contributed by atoms with E-state index in [1.165, 1.54) is 24.3 Å². The van der Waals surface area contributed by atoms with Gasteiger partial charge in [0.05, 0.1) is 22.9 Å². The molecule has 3 aliphatic rings. The zero-order valence-corrected chi connectivity index (χ0v) is 21.7. The second-order valence-corrected chi connectivity index (χ2v) is 12.9. The number of carbonyl (C=O) groups excluding carboxylic acids is 1. The van der Waals surface area contributed by atoms with Crippen LogP contribution in [0.1, 0.15) is 49.9 Å². The molecule has 1 amide bonds. The third-order valence-corrected chi connectivity index (χ3v) is 9.47. The molecule has 2 aliphatic heterocycles. The van der Waals surface area contributed by atoms with Crippen LogP contribution in [0, 0.1) is 5.92 Å². The molecule has 1 aliphatic carbocycles. The number of amides is 1.